The number of aromatic hydroxyl groups is 1. The molecule has 0 atom stereocenters. The molecule has 2 rings (SSSR count). The first-order chi connectivity index (χ1) is 8.22. The van der Waals surface area contributed by atoms with Crippen molar-refractivity contribution in [3.05, 3.63) is 40.9 Å². The number of nitrogens with one attached hydrogen (secondary N) is 1. The largest absolute Gasteiger partial charge is 0.504 e. The fraction of sp³-hybridized carbons (Fsp3) is 0.0909. The molecule has 1 aromatic carbocycles. The summed E-state index contributed by atoms with van der Waals surface area (Å²) < 4.78 is 10.2. The molecule has 0 spiro atoms. The van der Waals surface area contributed by atoms with Crippen LogP contribution in [0.2, 0.25) is 0 Å². The molecular weight excluding hydrogens is 224 g/mol. The maximum Gasteiger partial charge on any atom is 0.297 e. The summed E-state index contributed by atoms with van der Waals surface area (Å²) in [6.45, 7) is 0. The maximum atomic E-state index is 11.4. The van der Waals surface area contributed by atoms with Crippen LogP contribution < -0.4 is 15.0 Å². The number of nitrogens with zero attached hydrogens (tertiary/aromatic N) is 1. The quantitative estimate of drug-likeness (QED) is 0.835. The van der Waals surface area contributed by atoms with Crippen molar-refractivity contribution in [3.8, 4) is 23.1 Å². The number of aromatic amines is 1. The van der Waals surface area contributed by atoms with Gasteiger partial charge in [-0.25, -0.2) is 4.98 Å². The Kier molecular flexibility index (Phi) is 2.95. The van der Waals surface area contributed by atoms with Gasteiger partial charge in [-0.15, -0.1) is 0 Å². The standard InChI is InChI=1S/C11H10N2O4/c1-16-9-10(15)12-6-13-11(9)17-8-5-3-2-4-7(8)14/h2-6,14H,1H3,(H,12,13,15). The molecule has 0 saturated heterocycles. The second kappa shape index (κ2) is 4.56. The number of hydrogen-bond acceptors (Lipinski definition) is 5. The van der Waals surface area contributed by atoms with Crippen molar-refractivity contribution in [1.29, 1.82) is 0 Å². The van der Waals surface area contributed by atoms with Gasteiger partial charge >= 0.3 is 0 Å². The van der Waals surface area contributed by atoms with E-state index < -0.39 is 5.56 Å². The van der Waals surface area contributed by atoms with E-state index in [1.165, 1.54) is 19.5 Å². The average Bonchev–Trinajstić information content (AvgIpc) is 2.32. The van der Waals surface area contributed by atoms with E-state index in [2.05, 4.69) is 9.97 Å². The van der Waals surface area contributed by atoms with Crippen LogP contribution in [0.3, 0.4) is 0 Å². The molecule has 0 amide bonds. The van der Waals surface area contributed by atoms with Crippen LogP contribution in [0.4, 0.5) is 0 Å². The van der Waals surface area contributed by atoms with Crippen LogP contribution >= 0.6 is 0 Å². The predicted octanol–water partition coefficient (Wildman–Crippen LogP) is 1.28. The Morgan fingerprint density at radius 3 is 2.82 bits per heavy atom. The lowest BCUT2D eigenvalue weighted by molar-refractivity contribution is 0.351. The van der Waals surface area contributed by atoms with Crippen molar-refractivity contribution < 1.29 is 14.6 Å². The number of benzene rings is 1. The molecule has 0 fully saturated rings. The van der Waals surface area contributed by atoms with Crippen molar-refractivity contribution >= 4 is 0 Å². The van der Waals surface area contributed by atoms with Gasteiger partial charge in [-0.3, -0.25) is 4.79 Å². The van der Waals surface area contributed by atoms with Crippen molar-refractivity contribution in [2.24, 2.45) is 0 Å². The summed E-state index contributed by atoms with van der Waals surface area (Å²) in [6, 6.07) is 6.37. The van der Waals surface area contributed by atoms with Crippen LogP contribution in [-0.2, 0) is 0 Å². The third kappa shape index (κ3) is 2.20. The summed E-state index contributed by atoms with van der Waals surface area (Å²) in [5, 5.41) is 9.53. The normalized spacial score (nSPS) is 9.94. The average molecular weight is 234 g/mol. The van der Waals surface area contributed by atoms with E-state index in [0.717, 1.165) is 0 Å². The maximum absolute atomic E-state index is 11.4. The number of phenols is 1. The molecule has 2 aromatic rings. The third-order valence-corrected chi connectivity index (χ3v) is 2.05. The van der Waals surface area contributed by atoms with Crippen molar-refractivity contribution in [1.82, 2.24) is 9.97 Å². The highest BCUT2D eigenvalue weighted by Gasteiger charge is 2.12. The van der Waals surface area contributed by atoms with E-state index in [0.29, 0.717) is 0 Å². The first kappa shape index (κ1) is 11.0. The molecule has 0 bridgehead atoms. The molecule has 0 unspecified atom stereocenters. The van der Waals surface area contributed by atoms with E-state index >= 15 is 0 Å². The number of rotatable bonds is 3. The van der Waals surface area contributed by atoms with Crippen LogP contribution in [0.5, 0.6) is 23.1 Å². The van der Waals surface area contributed by atoms with Gasteiger partial charge in [0, 0.05) is 0 Å². The van der Waals surface area contributed by atoms with Gasteiger partial charge in [-0.1, -0.05) is 12.1 Å². The molecule has 0 radical (unpaired) electrons. The molecule has 0 aliphatic rings. The zero-order valence-corrected chi connectivity index (χ0v) is 9.01. The summed E-state index contributed by atoms with van der Waals surface area (Å²) in [4.78, 5) is 17.6. The Morgan fingerprint density at radius 1 is 1.35 bits per heavy atom. The molecule has 6 heteroatoms. The van der Waals surface area contributed by atoms with E-state index in [-0.39, 0.29) is 23.1 Å². The van der Waals surface area contributed by atoms with Crippen LogP contribution in [-0.4, -0.2) is 22.2 Å². The fourth-order valence-corrected chi connectivity index (χ4v) is 1.27. The second-order valence-corrected chi connectivity index (χ2v) is 3.14. The minimum absolute atomic E-state index is 0.00208. The summed E-state index contributed by atoms with van der Waals surface area (Å²) in [5.41, 5.74) is -0.451. The molecule has 0 aliphatic carbocycles. The lowest BCUT2D eigenvalue weighted by Gasteiger charge is -2.08. The number of para-hydroxylation sites is 2. The van der Waals surface area contributed by atoms with Crippen molar-refractivity contribution in [2.45, 2.75) is 0 Å². The molecule has 0 saturated carbocycles. The van der Waals surface area contributed by atoms with Gasteiger partial charge < -0.3 is 19.6 Å². The Hall–Kier alpha value is -2.50. The topological polar surface area (TPSA) is 84.4 Å². The summed E-state index contributed by atoms with van der Waals surface area (Å²) in [7, 11) is 1.34. The Balaban J connectivity index is 2.40. The van der Waals surface area contributed by atoms with Crippen molar-refractivity contribution in [2.75, 3.05) is 7.11 Å². The van der Waals surface area contributed by atoms with Crippen molar-refractivity contribution in [3.63, 3.8) is 0 Å². The van der Waals surface area contributed by atoms with E-state index in [4.69, 9.17) is 9.47 Å². The molecule has 1 heterocycles. The summed E-state index contributed by atoms with van der Waals surface area (Å²) in [5.74, 6) is 0.106. The Bertz CT molecular complexity index is 580. The van der Waals surface area contributed by atoms with E-state index in [9.17, 15) is 9.90 Å². The first-order valence-electron chi connectivity index (χ1n) is 4.80. The van der Waals surface area contributed by atoms with Crippen LogP contribution in [0, 0.1) is 0 Å². The van der Waals surface area contributed by atoms with Gasteiger partial charge in [0.1, 0.15) is 0 Å². The van der Waals surface area contributed by atoms with E-state index in [1.54, 1.807) is 18.2 Å². The van der Waals surface area contributed by atoms with Gasteiger partial charge in [0.25, 0.3) is 11.4 Å². The van der Waals surface area contributed by atoms with E-state index in [1.807, 2.05) is 0 Å². The zero-order valence-electron chi connectivity index (χ0n) is 9.01. The SMILES string of the molecule is COc1c(Oc2ccccc2O)nc[nH]c1=O. The molecule has 88 valence electrons. The van der Waals surface area contributed by atoms with Gasteiger partial charge in [-0.05, 0) is 12.1 Å². The minimum Gasteiger partial charge on any atom is -0.504 e. The van der Waals surface area contributed by atoms with Gasteiger partial charge in [0.2, 0.25) is 5.75 Å². The number of ether oxygens (including phenoxy) is 2. The van der Waals surface area contributed by atoms with Crippen LogP contribution in [0.15, 0.2) is 35.4 Å². The predicted molar refractivity (Wildman–Crippen MR) is 59.6 cm³/mol. The van der Waals surface area contributed by atoms with Crippen LogP contribution in [0.25, 0.3) is 0 Å². The smallest absolute Gasteiger partial charge is 0.297 e. The fourth-order valence-electron chi connectivity index (χ4n) is 1.27. The molecule has 0 aliphatic heterocycles. The highest BCUT2D eigenvalue weighted by molar-refractivity contribution is 5.42. The minimum atomic E-state index is -0.451. The number of aromatic nitrogens is 2. The lowest BCUT2D eigenvalue weighted by atomic mass is 10.3. The highest BCUT2D eigenvalue weighted by atomic mass is 16.5. The Labute approximate surface area is 96.5 Å². The molecular formula is C11H10N2O4. The molecule has 17 heavy (non-hydrogen) atoms. The first-order valence-corrected chi connectivity index (χ1v) is 4.80. The number of phenolic OH excluding ortho intramolecular Hbond substituents is 1. The number of methoxy groups -OCH3 is 1. The second-order valence-electron chi connectivity index (χ2n) is 3.14. The highest BCUT2D eigenvalue weighted by Crippen LogP contribution is 2.31. The molecule has 2 N–H and O–H groups in total. The van der Waals surface area contributed by atoms with Gasteiger partial charge in [0.05, 0.1) is 13.4 Å². The molecule has 1 aromatic heterocycles. The van der Waals surface area contributed by atoms with Gasteiger partial charge in [0.15, 0.2) is 11.5 Å². The monoisotopic (exact) mass is 234 g/mol. The lowest BCUT2D eigenvalue weighted by Crippen LogP contribution is -2.10. The number of hydrogen-bond donors (Lipinski definition) is 2. The summed E-state index contributed by atoms with van der Waals surface area (Å²) >= 11 is 0. The summed E-state index contributed by atoms with van der Waals surface area (Å²) in [6.07, 6.45) is 1.19. The third-order valence-electron chi connectivity index (χ3n) is 2.05. The Morgan fingerprint density at radius 2 is 2.12 bits per heavy atom. The van der Waals surface area contributed by atoms with Crippen LogP contribution in [0.1, 0.15) is 0 Å². The van der Waals surface area contributed by atoms with Gasteiger partial charge in [-0.2, -0.15) is 0 Å². The number of H-pyrrole nitrogens is 1. The molecule has 6 nitrogen and oxygen atoms in total. The zero-order chi connectivity index (χ0) is 12.3.